The number of carboxylic acids is 2. The van der Waals surface area contributed by atoms with Crippen LogP contribution in [0.25, 0.3) is 0 Å². The Bertz CT molecular complexity index is 480. The van der Waals surface area contributed by atoms with E-state index in [1.807, 2.05) is 0 Å². The van der Waals surface area contributed by atoms with Gasteiger partial charge in [-0.25, -0.2) is 4.79 Å². The average Bonchev–Trinajstić information content (AvgIpc) is 2.17. The fraction of sp³-hybridized carbons (Fsp3) is 0.273. The zero-order valence-electron chi connectivity index (χ0n) is 8.99. The van der Waals surface area contributed by atoms with E-state index >= 15 is 0 Å². The van der Waals surface area contributed by atoms with Crippen molar-refractivity contribution in [3.8, 4) is 0 Å². The molecule has 0 aliphatic carbocycles. The topological polar surface area (TPSA) is 74.6 Å². The van der Waals surface area contributed by atoms with Crippen LogP contribution in [-0.4, -0.2) is 28.3 Å². The van der Waals surface area contributed by atoms with Crippen molar-refractivity contribution in [2.45, 2.75) is 19.0 Å². The lowest BCUT2D eigenvalue weighted by molar-refractivity contribution is -0.136. The summed E-state index contributed by atoms with van der Waals surface area (Å²) in [6.45, 7) is 0. The molecule has 0 fully saturated rings. The Labute approximate surface area is 99.7 Å². The van der Waals surface area contributed by atoms with Crippen LogP contribution in [0.5, 0.6) is 0 Å². The molecule has 18 heavy (non-hydrogen) atoms. The first-order valence-corrected chi connectivity index (χ1v) is 4.82. The minimum atomic E-state index is -4.47. The molecule has 0 spiro atoms. The molecule has 0 amide bonds. The van der Waals surface area contributed by atoms with Crippen LogP contribution in [0.15, 0.2) is 18.2 Å². The predicted octanol–water partition coefficient (Wildman–Crippen LogP) is 2.12. The number of carbonyl (C=O) groups is 2. The average molecular weight is 262 g/mol. The van der Waals surface area contributed by atoms with E-state index < -0.39 is 31.0 Å². The Morgan fingerprint density at radius 2 is 1.72 bits per heavy atom. The van der Waals surface area contributed by atoms with Gasteiger partial charge in [-0.05, 0) is 23.3 Å². The van der Waals surface area contributed by atoms with Gasteiger partial charge >= 0.3 is 18.1 Å². The van der Waals surface area contributed by atoms with Gasteiger partial charge in [0.2, 0.25) is 0 Å². The van der Waals surface area contributed by atoms with Gasteiger partial charge in [-0.15, -0.1) is 0 Å². The third-order valence-corrected chi connectivity index (χ3v) is 2.19. The first-order chi connectivity index (χ1) is 8.19. The van der Waals surface area contributed by atoms with Crippen LogP contribution in [-0.2, 0) is 17.6 Å². The zero-order chi connectivity index (χ0) is 13.9. The number of alkyl halides is 3. The van der Waals surface area contributed by atoms with Crippen molar-refractivity contribution in [1.82, 2.24) is 0 Å². The molecule has 2 N–H and O–H groups in total. The fourth-order valence-corrected chi connectivity index (χ4v) is 1.47. The Morgan fingerprint density at radius 3 is 2.17 bits per heavy atom. The highest BCUT2D eigenvalue weighted by Crippen LogP contribution is 2.24. The van der Waals surface area contributed by atoms with Crippen molar-refractivity contribution in [3.05, 3.63) is 34.9 Å². The minimum absolute atomic E-state index is 0.139. The second kappa shape index (κ2) is 5.07. The molecular formula is C11H9F3O4. The molecule has 0 unspecified atom stereocenters. The van der Waals surface area contributed by atoms with Gasteiger partial charge in [-0.2, -0.15) is 13.2 Å². The highest BCUT2D eigenvalue weighted by atomic mass is 19.4. The number of aromatic carboxylic acids is 1. The summed E-state index contributed by atoms with van der Waals surface area (Å²) in [7, 11) is 0. The van der Waals surface area contributed by atoms with Gasteiger partial charge in [-0.3, -0.25) is 4.79 Å². The normalized spacial score (nSPS) is 11.3. The second-order valence-corrected chi connectivity index (χ2v) is 3.65. The standard InChI is InChI=1S/C11H9F3O4/c12-11(13,14)5-7-2-1-6(10(17)18)3-8(7)4-9(15)16/h1-3H,4-5H2,(H,15,16)(H,17,18). The smallest absolute Gasteiger partial charge is 0.393 e. The number of aliphatic carboxylic acids is 1. The molecule has 0 atom stereocenters. The van der Waals surface area contributed by atoms with Gasteiger partial charge in [0, 0.05) is 0 Å². The lowest BCUT2D eigenvalue weighted by Gasteiger charge is -2.11. The molecule has 98 valence electrons. The molecule has 1 aromatic carbocycles. The van der Waals surface area contributed by atoms with Gasteiger partial charge < -0.3 is 10.2 Å². The molecule has 0 aliphatic heterocycles. The van der Waals surface area contributed by atoms with E-state index in [4.69, 9.17) is 10.2 Å². The van der Waals surface area contributed by atoms with E-state index in [0.29, 0.717) is 0 Å². The zero-order valence-corrected chi connectivity index (χ0v) is 8.99. The lowest BCUT2D eigenvalue weighted by atomic mass is 9.99. The molecule has 7 heteroatoms. The summed E-state index contributed by atoms with van der Waals surface area (Å²) in [5, 5.41) is 17.3. The van der Waals surface area contributed by atoms with E-state index in [0.717, 1.165) is 18.2 Å². The highest BCUT2D eigenvalue weighted by Gasteiger charge is 2.29. The maximum Gasteiger partial charge on any atom is 0.393 e. The minimum Gasteiger partial charge on any atom is -0.481 e. The van der Waals surface area contributed by atoms with Crippen LogP contribution in [0.2, 0.25) is 0 Å². The molecule has 1 aromatic rings. The summed E-state index contributed by atoms with van der Waals surface area (Å²) in [4.78, 5) is 21.2. The second-order valence-electron chi connectivity index (χ2n) is 3.65. The largest absolute Gasteiger partial charge is 0.481 e. The molecule has 4 nitrogen and oxygen atoms in total. The molecule has 0 aliphatic rings. The Balaban J connectivity index is 3.16. The molecule has 0 bridgehead atoms. The van der Waals surface area contributed by atoms with Crippen molar-refractivity contribution in [2.24, 2.45) is 0 Å². The summed E-state index contributed by atoms with van der Waals surface area (Å²) in [5.74, 6) is -2.64. The van der Waals surface area contributed by atoms with E-state index in [1.54, 1.807) is 0 Å². The summed E-state index contributed by atoms with van der Waals surface area (Å²) in [6.07, 6.45) is -6.40. The fourth-order valence-electron chi connectivity index (χ4n) is 1.47. The van der Waals surface area contributed by atoms with Crippen LogP contribution in [0, 0.1) is 0 Å². The van der Waals surface area contributed by atoms with E-state index in [2.05, 4.69) is 0 Å². The highest BCUT2D eigenvalue weighted by molar-refractivity contribution is 5.88. The van der Waals surface area contributed by atoms with Crippen LogP contribution in [0.4, 0.5) is 13.2 Å². The molecule has 0 aromatic heterocycles. The number of benzene rings is 1. The summed E-state index contributed by atoms with van der Waals surface area (Å²) in [5.41, 5.74) is -0.605. The van der Waals surface area contributed by atoms with Crippen molar-refractivity contribution in [1.29, 1.82) is 0 Å². The van der Waals surface area contributed by atoms with Crippen LogP contribution in [0.1, 0.15) is 21.5 Å². The molecule has 1 rings (SSSR count). The Hall–Kier alpha value is -2.05. The SMILES string of the molecule is O=C(O)Cc1cc(C(=O)O)ccc1CC(F)(F)F. The molecule has 0 saturated heterocycles. The molecule has 0 heterocycles. The van der Waals surface area contributed by atoms with Gasteiger partial charge in [0.05, 0.1) is 18.4 Å². The first-order valence-electron chi connectivity index (χ1n) is 4.82. The van der Waals surface area contributed by atoms with Crippen molar-refractivity contribution in [3.63, 3.8) is 0 Å². The van der Waals surface area contributed by atoms with Crippen molar-refractivity contribution in [2.75, 3.05) is 0 Å². The van der Waals surface area contributed by atoms with E-state index in [-0.39, 0.29) is 16.7 Å². The third-order valence-electron chi connectivity index (χ3n) is 2.19. The van der Waals surface area contributed by atoms with Gasteiger partial charge in [0.15, 0.2) is 0 Å². The van der Waals surface area contributed by atoms with Crippen LogP contribution in [0.3, 0.4) is 0 Å². The van der Waals surface area contributed by atoms with Crippen molar-refractivity contribution < 1.29 is 33.0 Å². The first kappa shape index (κ1) is 14.0. The number of hydrogen-bond donors (Lipinski definition) is 2. The van der Waals surface area contributed by atoms with E-state index in [9.17, 15) is 22.8 Å². The van der Waals surface area contributed by atoms with Crippen LogP contribution >= 0.6 is 0 Å². The number of hydrogen-bond acceptors (Lipinski definition) is 2. The molecule has 0 radical (unpaired) electrons. The molecular weight excluding hydrogens is 253 g/mol. The predicted molar refractivity (Wildman–Crippen MR) is 54.5 cm³/mol. The maximum absolute atomic E-state index is 12.3. The quantitative estimate of drug-likeness (QED) is 0.871. The molecule has 0 saturated carbocycles. The monoisotopic (exact) mass is 262 g/mol. The number of rotatable bonds is 4. The third kappa shape index (κ3) is 4.08. The summed E-state index contributed by atoms with van der Waals surface area (Å²) in [6, 6.07) is 2.97. The maximum atomic E-state index is 12.3. The van der Waals surface area contributed by atoms with Gasteiger partial charge in [0.1, 0.15) is 0 Å². The van der Waals surface area contributed by atoms with Crippen LogP contribution < -0.4 is 0 Å². The van der Waals surface area contributed by atoms with E-state index in [1.165, 1.54) is 0 Å². The van der Waals surface area contributed by atoms with Gasteiger partial charge in [0.25, 0.3) is 0 Å². The summed E-state index contributed by atoms with van der Waals surface area (Å²) < 4.78 is 36.8. The van der Waals surface area contributed by atoms with Crippen molar-refractivity contribution >= 4 is 11.9 Å². The number of carboxylic acid groups (broad SMARTS) is 2. The summed E-state index contributed by atoms with van der Waals surface area (Å²) >= 11 is 0. The number of halogens is 3. The van der Waals surface area contributed by atoms with Gasteiger partial charge in [-0.1, -0.05) is 6.07 Å². The lowest BCUT2D eigenvalue weighted by Crippen LogP contribution is -2.15. The Kier molecular flexibility index (Phi) is 3.95. The Morgan fingerprint density at radius 1 is 1.11 bits per heavy atom.